The molecular formula is C6H12BrN3. The van der Waals surface area contributed by atoms with Crippen LogP contribution in [0.5, 0.6) is 0 Å². The Morgan fingerprint density at radius 3 is 2.10 bits per heavy atom. The van der Waals surface area contributed by atoms with Crippen LogP contribution in [0.2, 0.25) is 0 Å². The van der Waals surface area contributed by atoms with Crippen LogP contribution in [0.1, 0.15) is 0 Å². The number of nitrogens with zero attached hydrogens (tertiary/aromatic N) is 1. The van der Waals surface area contributed by atoms with E-state index in [1.54, 1.807) is 6.08 Å². The van der Waals surface area contributed by atoms with Gasteiger partial charge in [-0.1, -0.05) is 0 Å². The molecule has 0 saturated heterocycles. The molecule has 0 aromatic carbocycles. The zero-order valence-corrected chi connectivity index (χ0v) is 7.72. The van der Waals surface area contributed by atoms with Crippen molar-refractivity contribution in [3.8, 4) is 0 Å². The number of rotatable bonds is 2. The van der Waals surface area contributed by atoms with Gasteiger partial charge in [-0.15, -0.1) is 0 Å². The van der Waals surface area contributed by atoms with Crippen molar-refractivity contribution < 1.29 is 0 Å². The van der Waals surface area contributed by atoms with Crippen LogP contribution in [0.3, 0.4) is 0 Å². The lowest BCUT2D eigenvalue weighted by molar-refractivity contribution is 0.528. The van der Waals surface area contributed by atoms with E-state index in [2.05, 4.69) is 15.9 Å². The zero-order chi connectivity index (χ0) is 8.15. The van der Waals surface area contributed by atoms with E-state index >= 15 is 0 Å². The third-order valence-electron chi connectivity index (χ3n) is 0.973. The molecule has 4 N–H and O–H groups in total. The Bertz CT molecular complexity index is 156. The van der Waals surface area contributed by atoms with Crippen molar-refractivity contribution in [2.45, 2.75) is 0 Å². The minimum Gasteiger partial charge on any atom is -0.403 e. The van der Waals surface area contributed by atoms with Crippen molar-refractivity contribution in [2.24, 2.45) is 11.5 Å². The highest BCUT2D eigenvalue weighted by Gasteiger charge is 1.93. The summed E-state index contributed by atoms with van der Waals surface area (Å²) in [5.74, 6) is 0. The number of nitrogens with two attached hydrogens (primary N) is 2. The molecule has 58 valence electrons. The molecule has 0 aliphatic rings. The second-order valence-corrected chi connectivity index (χ2v) is 2.93. The number of likely N-dealkylation sites (N-methyl/N-ethyl adjacent to an activating group) is 1. The molecule has 0 aliphatic heterocycles. The topological polar surface area (TPSA) is 55.3 Å². The third kappa shape index (κ3) is 3.40. The van der Waals surface area contributed by atoms with Crippen molar-refractivity contribution in [1.82, 2.24) is 4.90 Å². The van der Waals surface area contributed by atoms with E-state index in [9.17, 15) is 0 Å². The molecule has 0 amide bonds. The molecular weight excluding hydrogens is 194 g/mol. The molecule has 3 nitrogen and oxygen atoms in total. The van der Waals surface area contributed by atoms with Crippen LogP contribution < -0.4 is 11.5 Å². The Morgan fingerprint density at radius 1 is 1.50 bits per heavy atom. The van der Waals surface area contributed by atoms with E-state index < -0.39 is 0 Å². The Kier molecular flexibility index (Phi) is 3.95. The smallest absolute Gasteiger partial charge is 0.0775 e. The van der Waals surface area contributed by atoms with Crippen molar-refractivity contribution in [1.29, 1.82) is 0 Å². The van der Waals surface area contributed by atoms with E-state index in [-0.39, 0.29) is 0 Å². The first-order chi connectivity index (χ1) is 4.57. The van der Waals surface area contributed by atoms with E-state index in [4.69, 9.17) is 11.5 Å². The van der Waals surface area contributed by atoms with Gasteiger partial charge in [0.2, 0.25) is 0 Å². The zero-order valence-electron chi connectivity index (χ0n) is 6.13. The standard InChI is InChI=1S/C6H12BrN3/c1-10(2)5(4-8)3-6(7)9/h3-4H,8-9H2,1-2H3/b5-4+,6-3-. The average Bonchev–Trinajstić information content (AvgIpc) is 1.81. The highest BCUT2D eigenvalue weighted by molar-refractivity contribution is 9.11. The van der Waals surface area contributed by atoms with Crippen molar-refractivity contribution in [2.75, 3.05) is 14.1 Å². The lowest BCUT2D eigenvalue weighted by Crippen LogP contribution is -2.11. The minimum atomic E-state index is 0.568. The minimum absolute atomic E-state index is 0.568. The van der Waals surface area contributed by atoms with Gasteiger partial charge in [0.15, 0.2) is 0 Å². The molecule has 0 aliphatic carbocycles. The lowest BCUT2D eigenvalue weighted by Gasteiger charge is -2.12. The van der Waals surface area contributed by atoms with Gasteiger partial charge in [0.25, 0.3) is 0 Å². The molecule has 0 heterocycles. The van der Waals surface area contributed by atoms with Crippen LogP contribution in [0, 0.1) is 0 Å². The third-order valence-corrected chi connectivity index (χ3v) is 1.20. The van der Waals surface area contributed by atoms with E-state index in [1.807, 2.05) is 19.0 Å². The van der Waals surface area contributed by atoms with Crippen LogP contribution in [0.25, 0.3) is 0 Å². The molecule has 4 heteroatoms. The first-order valence-electron chi connectivity index (χ1n) is 2.80. The summed E-state index contributed by atoms with van der Waals surface area (Å²) in [6.07, 6.45) is 3.23. The fourth-order valence-electron chi connectivity index (χ4n) is 0.468. The second kappa shape index (κ2) is 4.22. The monoisotopic (exact) mass is 205 g/mol. The summed E-state index contributed by atoms with van der Waals surface area (Å²) in [5.41, 5.74) is 11.5. The van der Waals surface area contributed by atoms with Crippen LogP contribution in [0.15, 0.2) is 22.6 Å². The molecule has 0 aromatic rings. The first kappa shape index (κ1) is 9.36. The normalized spacial score (nSPS) is 13.5. The fourth-order valence-corrected chi connectivity index (χ4v) is 0.702. The molecule has 0 fully saturated rings. The summed E-state index contributed by atoms with van der Waals surface area (Å²) in [7, 11) is 3.79. The van der Waals surface area contributed by atoms with Gasteiger partial charge < -0.3 is 16.4 Å². The Balaban J connectivity index is 4.26. The van der Waals surface area contributed by atoms with Crippen molar-refractivity contribution in [3.63, 3.8) is 0 Å². The van der Waals surface area contributed by atoms with Gasteiger partial charge in [-0.2, -0.15) is 0 Å². The summed E-state index contributed by atoms with van der Waals surface area (Å²) in [6.45, 7) is 0. The maximum Gasteiger partial charge on any atom is 0.0775 e. The van der Waals surface area contributed by atoms with Gasteiger partial charge in [0.1, 0.15) is 0 Å². The highest BCUT2D eigenvalue weighted by Crippen LogP contribution is 2.03. The summed E-state index contributed by atoms with van der Waals surface area (Å²) < 4.78 is 0.568. The summed E-state index contributed by atoms with van der Waals surface area (Å²) in [5, 5.41) is 0. The Morgan fingerprint density at radius 2 is 2.00 bits per heavy atom. The number of hydrogen-bond donors (Lipinski definition) is 2. The maximum absolute atomic E-state index is 5.36. The SMILES string of the molecule is CN(C)C(/C=C(\N)Br)=C/N. The number of hydrogen-bond acceptors (Lipinski definition) is 3. The molecule has 0 unspecified atom stereocenters. The summed E-state index contributed by atoms with van der Waals surface area (Å²) in [4.78, 5) is 1.87. The van der Waals surface area contributed by atoms with Gasteiger partial charge in [-0.3, -0.25) is 0 Å². The molecule has 0 spiro atoms. The summed E-state index contributed by atoms with van der Waals surface area (Å²) in [6, 6.07) is 0. The van der Waals surface area contributed by atoms with Crippen molar-refractivity contribution >= 4 is 15.9 Å². The molecule has 0 rings (SSSR count). The van der Waals surface area contributed by atoms with Gasteiger partial charge >= 0.3 is 0 Å². The summed E-state index contributed by atoms with van der Waals surface area (Å²) >= 11 is 3.10. The van der Waals surface area contributed by atoms with E-state index in [0.717, 1.165) is 5.70 Å². The second-order valence-electron chi connectivity index (χ2n) is 2.02. The van der Waals surface area contributed by atoms with Crippen LogP contribution in [-0.4, -0.2) is 19.0 Å². The molecule has 0 saturated carbocycles. The van der Waals surface area contributed by atoms with Crippen molar-refractivity contribution in [3.05, 3.63) is 22.6 Å². The quantitative estimate of drug-likeness (QED) is 0.512. The molecule has 0 aromatic heterocycles. The molecule has 10 heavy (non-hydrogen) atoms. The van der Waals surface area contributed by atoms with Gasteiger partial charge in [-0.25, -0.2) is 0 Å². The molecule has 0 radical (unpaired) electrons. The van der Waals surface area contributed by atoms with E-state index in [1.165, 1.54) is 6.20 Å². The predicted molar refractivity (Wildman–Crippen MR) is 47.2 cm³/mol. The van der Waals surface area contributed by atoms with E-state index in [0.29, 0.717) is 4.61 Å². The molecule has 0 bridgehead atoms. The number of halogens is 1. The van der Waals surface area contributed by atoms with Crippen LogP contribution in [0.4, 0.5) is 0 Å². The highest BCUT2D eigenvalue weighted by atomic mass is 79.9. The average molecular weight is 206 g/mol. The largest absolute Gasteiger partial charge is 0.403 e. The predicted octanol–water partition coefficient (Wildman–Crippen LogP) is 0.543. The van der Waals surface area contributed by atoms with Crippen LogP contribution >= 0.6 is 15.9 Å². The Hall–Kier alpha value is -0.640. The van der Waals surface area contributed by atoms with Crippen LogP contribution in [-0.2, 0) is 0 Å². The lowest BCUT2D eigenvalue weighted by atomic mass is 10.4. The molecule has 0 atom stereocenters. The van der Waals surface area contributed by atoms with Gasteiger partial charge in [0, 0.05) is 20.3 Å². The fraction of sp³-hybridized carbons (Fsp3) is 0.333. The first-order valence-corrected chi connectivity index (χ1v) is 3.59. The number of allylic oxidation sites excluding steroid dienone is 1. The van der Waals surface area contributed by atoms with Gasteiger partial charge in [0.05, 0.1) is 10.3 Å². The van der Waals surface area contributed by atoms with Gasteiger partial charge in [-0.05, 0) is 22.0 Å². The Labute approximate surface area is 69.5 Å². The maximum atomic E-state index is 5.36.